The van der Waals surface area contributed by atoms with Gasteiger partial charge in [-0.3, -0.25) is 9.59 Å². The van der Waals surface area contributed by atoms with E-state index >= 15 is 0 Å². The number of para-hydroxylation sites is 1. The van der Waals surface area contributed by atoms with Gasteiger partial charge >= 0.3 is 0 Å². The minimum Gasteiger partial charge on any atom is -0.483 e. The van der Waals surface area contributed by atoms with Crippen molar-refractivity contribution in [2.75, 3.05) is 17.7 Å². The van der Waals surface area contributed by atoms with Gasteiger partial charge in [-0.05, 0) is 85.2 Å². The Bertz CT molecular complexity index is 1160. The Morgan fingerprint density at radius 3 is 2.47 bits per heavy atom. The summed E-state index contributed by atoms with van der Waals surface area (Å²) in [5, 5.41) is 14.8. The maximum Gasteiger partial charge on any atom is 0.258 e. The number of hydrogen-bond acceptors (Lipinski definition) is 6. The summed E-state index contributed by atoms with van der Waals surface area (Å²) in [7, 11) is 0. The summed E-state index contributed by atoms with van der Waals surface area (Å²) >= 11 is 3.55. The van der Waals surface area contributed by atoms with Gasteiger partial charge in [-0.1, -0.05) is 30.0 Å². The lowest BCUT2D eigenvalue weighted by molar-refractivity contribution is -0.123. The van der Waals surface area contributed by atoms with Crippen molar-refractivity contribution in [3.63, 3.8) is 0 Å². The summed E-state index contributed by atoms with van der Waals surface area (Å²) < 4.78 is 8.71. The molecule has 0 atom stereocenters. The van der Waals surface area contributed by atoms with Crippen LogP contribution in [0.25, 0.3) is 0 Å². The van der Waals surface area contributed by atoms with Crippen molar-refractivity contribution < 1.29 is 14.3 Å². The molecule has 0 spiro atoms. The number of nitrogens with one attached hydrogen (secondary N) is 2. The standard InChI is InChI=1S/C24H28IN5O3S/c1-5-30-20(12-26-21(31)13-33-23-15(2)7-6-8-16(23)3)28-29-24(30)34-14-22(32)27-19-10-9-18(25)11-17(19)4/h6-11H,5,12-14H2,1-4H3,(H,26,31)(H,27,32). The first-order chi connectivity index (χ1) is 16.3. The summed E-state index contributed by atoms with van der Waals surface area (Å²) in [6.45, 7) is 8.60. The van der Waals surface area contributed by atoms with Gasteiger partial charge in [0.05, 0.1) is 12.3 Å². The van der Waals surface area contributed by atoms with Crippen molar-refractivity contribution >= 4 is 51.9 Å². The summed E-state index contributed by atoms with van der Waals surface area (Å²) in [6, 6.07) is 11.7. The summed E-state index contributed by atoms with van der Waals surface area (Å²) in [5.41, 5.74) is 3.79. The lowest BCUT2D eigenvalue weighted by atomic mass is 10.1. The zero-order valence-electron chi connectivity index (χ0n) is 19.6. The van der Waals surface area contributed by atoms with Crippen LogP contribution < -0.4 is 15.4 Å². The third kappa shape index (κ3) is 6.95. The number of benzene rings is 2. The molecule has 0 aliphatic carbocycles. The Hall–Kier alpha value is -2.60. The molecule has 3 aromatic rings. The molecule has 0 saturated heterocycles. The average molecular weight is 593 g/mol. The summed E-state index contributed by atoms with van der Waals surface area (Å²) in [4.78, 5) is 24.7. The van der Waals surface area contributed by atoms with E-state index in [-0.39, 0.29) is 30.7 Å². The molecule has 0 fully saturated rings. The molecule has 0 aliphatic rings. The SMILES string of the molecule is CCn1c(CNC(=O)COc2c(C)cccc2C)nnc1SCC(=O)Nc1ccc(I)cc1C. The Morgan fingerprint density at radius 2 is 1.79 bits per heavy atom. The Balaban J connectivity index is 1.51. The Kier molecular flexibility index (Phi) is 9.34. The molecule has 2 aromatic carbocycles. The molecule has 1 aromatic heterocycles. The number of aryl methyl sites for hydroxylation is 3. The molecular formula is C24H28IN5O3S. The molecule has 1 heterocycles. The number of nitrogens with zero attached hydrogens (tertiary/aromatic N) is 3. The van der Waals surface area contributed by atoms with Gasteiger partial charge in [-0.25, -0.2) is 0 Å². The molecule has 10 heteroatoms. The number of rotatable bonds is 10. The van der Waals surface area contributed by atoms with Crippen molar-refractivity contribution in [1.82, 2.24) is 20.1 Å². The molecule has 3 rings (SSSR count). The number of carbonyl (C=O) groups is 2. The van der Waals surface area contributed by atoms with Gasteiger partial charge in [-0.2, -0.15) is 0 Å². The van der Waals surface area contributed by atoms with Crippen LogP contribution in [0.15, 0.2) is 41.6 Å². The highest BCUT2D eigenvalue weighted by molar-refractivity contribution is 14.1. The first-order valence-corrected chi connectivity index (χ1v) is 12.9. The fraction of sp³-hybridized carbons (Fsp3) is 0.333. The van der Waals surface area contributed by atoms with Gasteiger partial charge in [0.1, 0.15) is 5.75 Å². The molecule has 34 heavy (non-hydrogen) atoms. The monoisotopic (exact) mass is 593 g/mol. The number of thioether (sulfide) groups is 1. The fourth-order valence-corrected chi connectivity index (χ4v) is 4.82. The first-order valence-electron chi connectivity index (χ1n) is 10.8. The third-order valence-corrected chi connectivity index (χ3v) is 6.74. The van der Waals surface area contributed by atoms with Gasteiger partial charge in [-0.15, -0.1) is 10.2 Å². The molecular weight excluding hydrogens is 565 g/mol. The van der Waals surface area contributed by atoms with Crippen molar-refractivity contribution in [2.45, 2.75) is 45.9 Å². The van der Waals surface area contributed by atoms with E-state index in [0.717, 1.165) is 31.7 Å². The lowest BCUT2D eigenvalue weighted by Crippen LogP contribution is -2.29. The number of anilines is 1. The second kappa shape index (κ2) is 12.2. The van der Waals surface area contributed by atoms with Crippen molar-refractivity contribution in [3.05, 3.63) is 62.5 Å². The zero-order valence-corrected chi connectivity index (χ0v) is 22.6. The van der Waals surface area contributed by atoms with Crippen LogP contribution in [0.1, 0.15) is 29.4 Å². The largest absolute Gasteiger partial charge is 0.483 e. The van der Waals surface area contributed by atoms with Crippen LogP contribution in [0.4, 0.5) is 5.69 Å². The van der Waals surface area contributed by atoms with Crippen LogP contribution >= 0.6 is 34.4 Å². The number of hydrogen-bond donors (Lipinski definition) is 2. The van der Waals surface area contributed by atoms with E-state index in [4.69, 9.17) is 4.74 Å². The fourth-order valence-electron chi connectivity index (χ4n) is 3.35. The van der Waals surface area contributed by atoms with E-state index in [0.29, 0.717) is 17.5 Å². The Labute approximate surface area is 217 Å². The summed E-state index contributed by atoms with van der Waals surface area (Å²) in [6.07, 6.45) is 0. The van der Waals surface area contributed by atoms with Crippen molar-refractivity contribution in [3.8, 4) is 5.75 Å². The molecule has 2 N–H and O–H groups in total. The second-order valence-corrected chi connectivity index (χ2v) is 9.91. The minimum absolute atomic E-state index is 0.0777. The van der Waals surface area contributed by atoms with Gasteiger partial charge in [0.25, 0.3) is 5.91 Å². The third-order valence-electron chi connectivity index (χ3n) is 5.10. The van der Waals surface area contributed by atoms with Crippen molar-refractivity contribution in [1.29, 1.82) is 0 Å². The quantitative estimate of drug-likeness (QED) is 0.270. The highest BCUT2D eigenvalue weighted by Crippen LogP contribution is 2.22. The van der Waals surface area contributed by atoms with Crippen LogP contribution in [-0.2, 0) is 22.7 Å². The molecule has 0 bridgehead atoms. The van der Waals surface area contributed by atoms with Crippen LogP contribution in [0.5, 0.6) is 5.75 Å². The van der Waals surface area contributed by atoms with Crippen LogP contribution in [0, 0.1) is 24.3 Å². The van der Waals surface area contributed by atoms with E-state index in [9.17, 15) is 9.59 Å². The molecule has 0 saturated carbocycles. The van der Waals surface area contributed by atoms with Crippen LogP contribution in [-0.4, -0.2) is 38.9 Å². The van der Waals surface area contributed by atoms with Gasteiger partial charge < -0.3 is 19.9 Å². The maximum atomic E-state index is 12.4. The number of aromatic nitrogens is 3. The molecule has 0 radical (unpaired) electrons. The van der Waals surface area contributed by atoms with Crippen LogP contribution in [0.3, 0.4) is 0 Å². The van der Waals surface area contributed by atoms with Gasteiger partial charge in [0.2, 0.25) is 5.91 Å². The molecule has 180 valence electrons. The van der Waals surface area contributed by atoms with Gasteiger partial charge in [0.15, 0.2) is 17.6 Å². The predicted octanol–water partition coefficient (Wildman–Crippen LogP) is 4.25. The minimum atomic E-state index is -0.241. The van der Waals surface area contributed by atoms with E-state index in [1.807, 2.05) is 68.7 Å². The van der Waals surface area contributed by atoms with Crippen LogP contribution in [0.2, 0.25) is 0 Å². The maximum absolute atomic E-state index is 12.4. The number of ether oxygens (including phenoxy) is 1. The molecule has 8 nitrogen and oxygen atoms in total. The smallest absolute Gasteiger partial charge is 0.258 e. The molecule has 0 aliphatic heterocycles. The van der Waals surface area contributed by atoms with E-state index in [1.54, 1.807) is 0 Å². The predicted molar refractivity (Wildman–Crippen MR) is 142 cm³/mol. The van der Waals surface area contributed by atoms with Gasteiger partial charge in [0, 0.05) is 15.8 Å². The van der Waals surface area contributed by atoms with E-state index < -0.39 is 0 Å². The summed E-state index contributed by atoms with van der Waals surface area (Å²) in [5.74, 6) is 1.21. The highest BCUT2D eigenvalue weighted by Gasteiger charge is 2.15. The molecule has 2 amide bonds. The second-order valence-electron chi connectivity index (χ2n) is 7.73. The first kappa shape index (κ1) is 26.0. The van der Waals surface area contributed by atoms with E-state index in [1.165, 1.54) is 11.8 Å². The normalized spacial score (nSPS) is 10.7. The Morgan fingerprint density at radius 1 is 1.06 bits per heavy atom. The lowest BCUT2D eigenvalue weighted by Gasteiger charge is -2.12. The van der Waals surface area contributed by atoms with E-state index in [2.05, 4.69) is 43.4 Å². The number of carbonyl (C=O) groups excluding carboxylic acids is 2. The molecule has 0 unspecified atom stereocenters. The highest BCUT2D eigenvalue weighted by atomic mass is 127. The van der Waals surface area contributed by atoms with Crippen molar-refractivity contribution in [2.24, 2.45) is 0 Å². The number of amides is 2. The topological polar surface area (TPSA) is 98.1 Å². The number of halogens is 1. The average Bonchev–Trinajstić information content (AvgIpc) is 3.19. The zero-order chi connectivity index (χ0) is 24.7.